The Morgan fingerprint density at radius 3 is 2.48 bits per heavy atom. The summed E-state index contributed by atoms with van der Waals surface area (Å²) in [5.74, 6) is 0.693. The number of allylic oxidation sites excluding steroid dienone is 3. The number of dihydropyridines is 1. The van der Waals surface area contributed by atoms with E-state index in [9.17, 15) is 9.18 Å². The fourth-order valence-corrected chi connectivity index (χ4v) is 3.57. The van der Waals surface area contributed by atoms with E-state index in [0.717, 1.165) is 16.8 Å². The highest BCUT2D eigenvalue weighted by Crippen LogP contribution is 2.45. The Balaban J connectivity index is 2.06. The van der Waals surface area contributed by atoms with Crippen LogP contribution in [0.3, 0.4) is 0 Å². The van der Waals surface area contributed by atoms with Crippen LogP contribution in [0.4, 0.5) is 9.18 Å². The van der Waals surface area contributed by atoms with Gasteiger partial charge in [0.05, 0.1) is 25.8 Å². The largest absolute Gasteiger partial charge is 0.513 e. The van der Waals surface area contributed by atoms with Crippen LogP contribution in [-0.4, -0.2) is 20.4 Å². The summed E-state index contributed by atoms with van der Waals surface area (Å²) >= 11 is 0. The van der Waals surface area contributed by atoms with Crippen molar-refractivity contribution < 1.29 is 28.1 Å². The second-order valence-corrected chi connectivity index (χ2v) is 7.21. The van der Waals surface area contributed by atoms with E-state index in [2.05, 4.69) is 5.32 Å². The van der Waals surface area contributed by atoms with Crippen molar-refractivity contribution in [3.05, 3.63) is 82.1 Å². The van der Waals surface area contributed by atoms with Crippen LogP contribution in [-0.2, 0) is 16.1 Å². The molecule has 0 fully saturated rings. The molecule has 0 spiro atoms. The van der Waals surface area contributed by atoms with Gasteiger partial charge in [0.2, 0.25) is 0 Å². The Kier molecular flexibility index (Phi) is 6.84. The number of carbonyl (C=O) groups excluding carboxylic acids is 1. The summed E-state index contributed by atoms with van der Waals surface area (Å²) in [6.45, 7) is 5.88. The molecule has 1 aliphatic rings. The molecule has 0 amide bonds. The molecule has 0 bridgehead atoms. The van der Waals surface area contributed by atoms with E-state index in [0.29, 0.717) is 28.5 Å². The van der Waals surface area contributed by atoms with Gasteiger partial charge in [-0.1, -0.05) is 24.3 Å². The number of nitrogens with one attached hydrogen (secondary N) is 1. The van der Waals surface area contributed by atoms with Gasteiger partial charge in [-0.15, -0.1) is 0 Å². The van der Waals surface area contributed by atoms with Gasteiger partial charge in [-0.2, -0.15) is 0 Å². The Hall–Kier alpha value is -3.48. The van der Waals surface area contributed by atoms with Crippen LogP contribution in [0.15, 0.2) is 65.2 Å². The molecule has 31 heavy (non-hydrogen) atoms. The minimum Gasteiger partial charge on any atom is -0.493 e. The molecule has 1 N–H and O–H groups in total. The highest BCUT2D eigenvalue weighted by atomic mass is 19.1. The molecule has 0 saturated heterocycles. The molecular formula is C24H26FNO5. The molecule has 0 radical (unpaired) electrons. The van der Waals surface area contributed by atoms with E-state index >= 15 is 0 Å². The number of halogens is 1. The Morgan fingerprint density at radius 1 is 1.06 bits per heavy atom. The van der Waals surface area contributed by atoms with E-state index in [1.807, 2.05) is 32.9 Å². The van der Waals surface area contributed by atoms with Gasteiger partial charge in [-0.05, 0) is 50.1 Å². The zero-order chi connectivity index (χ0) is 22.5. The second-order valence-electron chi connectivity index (χ2n) is 7.21. The average molecular weight is 427 g/mol. The lowest BCUT2D eigenvalue weighted by Crippen LogP contribution is -2.26. The maximum absolute atomic E-state index is 13.6. The third-order valence-electron chi connectivity index (χ3n) is 5.20. The summed E-state index contributed by atoms with van der Waals surface area (Å²) in [7, 11) is 2.81. The van der Waals surface area contributed by atoms with E-state index < -0.39 is 12.1 Å². The summed E-state index contributed by atoms with van der Waals surface area (Å²) in [6.07, 6.45) is -0.807. The van der Waals surface area contributed by atoms with Gasteiger partial charge in [-0.3, -0.25) is 0 Å². The van der Waals surface area contributed by atoms with Crippen molar-refractivity contribution in [1.82, 2.24) is 5.32 Å². The van der Waals surface area contributed by atoms with Crippen LogP contribution >= 0.6 is 0 Å². The van der Waals surface area contributed by atoms with Crippen molar-refractivity contribution in [2.24, 2.45) is 0 Å². The van der Waals surface area contributed by atoms with Crippen LogP contribution in [0.2, 0.25) is 0 Å². The van der Waals surface area contributed by atoms with Crippen molar-refractivity contribution >= 4 is 6.16 Å². The van der Waals surface area contributed by atoms with Crippen LogP contribution in [0.5, 0.6) is 11.5 Å². The molecule has 6 nitrogen and oxygen atoms in total. The molecule has 0 aliphatic carbocycles. The lowest BCUT2D eigenvalue weighted by molar-refractivity contribution is 0.0919. The van der Waals surface area contributed by atoms with Crippen molar-refractivity contribution in [3.63, 3.8) is 0 Å². The number of methoxy groups -OCH3 is 2. The predicted octanol–water partition coefficient (Wildman–Crippen LogP) is 5.41. The Morgan fingerprint density at radius 2 is 1.81 bits per heavy atom. The number of carbonyl (C=O) groups is 1. The highest BCUT2D eigenvalue weighted by molar-refractivity contribution is 5.63. The van der Waals surface area contributed by atoms with E-state index in [1.165, 1.54) is 19.2 Å². The minimum absolute atomic E-state index is 0.147. The van der Waals surface area contributed by atoms with Gasteiger partial charge in [-0.25, -0.2) is 9.18 Å². The molecule has 7 heteroatoms. The number of ether oxygens (including phenoxy) is 4. The third-order valence-corrected chi connectivity index (χ3v) is 5.20. The zero-order valence-electron chi connectivity index (χ0n) is 18.2. The molecule has 164 valence electrons. The topological polar surface area (TPSA) is 66.0 Å². The predicted molar refractivity (Wildman–Crippen MR) is 114 cm³/mol. The SMILES string of the molecule is COC(=O)OC1=C(C)NC(C)=C(C)C1c1cccc(OC)c1OCc1cccc(F)c1. The molecule has 1 aliphatic heterocycles. The number of hydrogen-bond donors (Lipinski definition) is 1. The normalized spacial score (nSPS) is 16.0. The van der Waals surface area contributed by atoms with Gasteiger partial charge >= 0.3 is 6.16 Å². The maximum Gasteiger partial charge on any atom is 0.513 e. The first-order chi connectivity index (χ1) is 14.8. The maximum atomic E-state index is 13.6. The molecule has 1 heterocycles. The minimum atomic E-state index is -0.807. The lowest BCUT2D eigenvalue weighted by Gasteiger charge is -2.31. The Bertz CT molecular complexity index is 1040. The lowest BCUT2D eigenvalue weighted by atomic mass is 9.85. The number of hydrogen-bond acceptors (Lipinski definition) is 6. The first kappa shape index (κ1) is 22.2. The molecule has 2 aromatic rings. The van der Waals surface area contributed by atoms with Crippen molar-refractivity contribution in [2.75, 3.05) is 14.2 Å². The quantitative estimate of drug-likeness (QED) is 0.622. The number of benzene rings is 2. The zero-order valence-corrected chi connectivity index (χ0v) is 18.2. The third kappa shape index (κ3) is 4.82. The summed E-state index contributed by atoms with van der Waals surface area (Å²) < 4.78 is 35.5. The molecule has 1 atom stereocenters. The van der Waals surface area contributed by atoms with Crippen molar-refractivity contribution in [2.45, 2.75) is 33.3 Å². The molecule has 3 rings (SSSR count). The highest BCUT2D eigenvalue weighted by Gasteiger charge is 2.33. The summed E-state index contributed by atoms with van der Waals surface area (Å²) in [4.78, 5) is 11.9. The van der Waals surface area contributed by atoms with E-state index in [4.69, 9.17) is 18.9 Å². The fraction of sp³-hybridized carbons (Fsp3) is 0.292. The smallest absolute Gasteiger partial charge is 0.493 e. The summed E-state index contributed by atoms with van der Waals surface area (Å²) in [5.41, 5.74) is 4.03. The summed E-state index contributed by atoms with van der Waals surface area (Å²) in [6, 6.07) is 11.7. The van der Waals surface area contributed by atoms with Crippen molar-refractivity contribution in [3.8, 4) is 11.5 Å². The van der Waals surface area contributed by atoms with Gasteiger partial charge in [0, 0.05) is 11.3 Å². The molecule has 0 saturated carbocycles. The monoisotopic (exact) mass is 427 g/mol. The van der Waals surface area contributed by atoms with E-state index in [-0.39, 0.29) is 12.4 Å². The first-order valence-corrected chi connectivity index (χ1v) is 9.80. The number of para-hydroxylation sites is 1. The van der Waals surface area contributed by atoms with Gasteiger partial charge < -0.3 is 24.3 Å². The van der Waals surface area contributed by atoms with Crippen LogP contribution < -0.4 is 14.8 Å². The van der Waals surface area contributed by atoms with Gasteiger partial charge in [0.1, 0.15) is 18.2 Å². The fourth-order valence-electron chi connectivity index (χ4n) is 3.57. The van der Waals surface area contributed by atoms with Crippen molar-refractivity contribution in [1.29, 1.82) is 0 Å². The first-order valence-electron chi connectivity index (χ1n) is 9.80. The van der Waals surface area contributed by atoms with Crippen LogP contribution in [0.25, 0.3) is 0 Å². The molecule has 2 aromatic carbocycles. The van der Waals surface area contributed by atoms with E-state index in [1.54, 1.807) is 25.3 Å². The average Bonchev–Trinajstić information content (AvgIpc) is 2.76. The standard InChI is InChI=1S/C24H26FNO5/c1-14-15(2)26-16(3)22(31-24(27)29-5)21(14)19-10-7-11-20(28-4)23(19)30-13-17-8-6-9-18(25)12-17/h6-12,21,26H,13H2,1-5H3. The summed E-state index contributed by atoms with van der Waals surface area (Å²) in [5, 5.41) is 3.23. The Labute approximate surface area is 181 Å². The van der Waals surface area contributed by atoms with Gasteiger partial charge in [0.15, 0.2) is 11.5 Å². The molecule has 0 aromatic heterocycles. The number of rotatable bonds is 6. The van der Waals surface area contributed by atoms with Crippen LogP contribution in [0.1, 0.15) is 37.8 Å². The molecule has 1 unspecified atom stereocenters. The van der Waals surface area contributed by atoms with Crippen LogP contribution in [0, 0.1) is 5.82 Å². The second kappa shape index (κ2) is 9.55. The van der Waals surface area contributed by atoms with Gasteiger partial charge in [0.25, 0.3) is 0 Å². The molecular weight excluding hydrogens is 401 g/mol.